The molecule has 0 heterocycles. The van der Waals surface area contributed by atoms with Crippen LogP contribution in [-0.4, -0.2) is 26.2 Å². The highest BCUT2D eigenvalue weighted by atomic mass is 16.1. The van der Waals surface area contributed by atoms with Crippen molar-refractivity contribution in [1.29, 1.82) is 0 Å². The van der Waals surface area contributed by atoms with Crippen molar-refractivity contribution in [3.8, 4) is 0 Å². The van der Waals surface area contributed by atoms with Crippen molar-refractivity contribution in [3.63, 3.8) is 0 Å². The summed E-state index contributed by atoms with van der Waals surface area (Å²) in [6.07, 6.45) is 5.28. The first-order valence-electron chi connectivity index (χ1n) is 4.14. The molecular formula is C10H16N2O. The summed E-state index contributed by atoms with van der Waals surface area (Å²) in [6.45, 7) is 3.86. The molecular weight excluding hydrogens is 164 g/mol. The first-order valence-corrected chi connectivity index (χ1v) is 4.14. The normalized spacial score (nSPS) is 13.5. The van der Waals surface area contributed by atoms with E-state index in [0.717, 1.165) is 5.57 Å². The molecule has 0 saturated heterocycles. The zero-order valence-corrected chi connectivity index (χ0v) is 8.59. The van der Waals surface area contributed by atoms with Gasteiger partial charge >= 0.3 is 0 Å². The van der Waals surface area contributed by atoms with Gasteiger partial charge in [0.05, 0.1) is 5.57 Å². The zero-order chi connectivity index (χ0) is 10.3. The predicted molar refractivity (Wildman–Crippen MR) is 56.0 cm³/mol. The molecule has 0 aliphatic carbocycles. The van der Waals surface area contributed by atoms with Gasteiger partial charge in [0.25, 0.3) is 5.91 Å². The van der Waals surface area contributed by atoms with Gasteiger partial charge in [0.2, 0.25) is 0 Å². The van der Waals surface area contributed by atoms with Crippen molar-refractivity contribution in [2.75, 3.05) is 14.1 Å². The monoisotopic (exact) mass is 180 g/mol. The molecule has 0 unspecified atom stereocenters. The van der Waals surface area contributed by atoms with Gasteiger partial charge in [0.1, 0.15) is 0 Å². The first-order chi connectivity index (χ1) is 6.15. The predicted octanol–water partition coefficient (Wildman–Crippen LogP) is 1.33. The second-order valence-corrected chi connectivity index (χ2v) is 2.60. The molecule has 72 valence electrons. The topological polar surface area (TPSA) is 41.5 Å². The smallest absolute Gasteiger partial charge is 0.252 e. The van der Waals surface area contributed by atoms with Gasteiger partial charge in [-0.3, -0.25) is 9.79 Å². The number of rotatable bonds is 3. The summed E-state index contributed by atoms with van der Waals surface area (Å²) in [6, 6.07) is 0. The Labute approximate surface area is 79.3 Å². The van der Waals surface area contributed by atoms with Crippen LogP contribution in [0.15, 0.2) is 28.3 Å². The van der Waals surface area contributed by atoms with Crippen LogP contribution >= 0.6 is 0 Å². The fourth-order valence-corrected chi connectivity index (χ4v) is 0.773. The zero-order valence-electron chi connectivity index (χ0n) is 8.59. The van der Waals surface area contributed by atoms with E-state index in [9.17, 15) is 4.79 Å². The fraction of sp³-hybridized carbons (Fsp3) is 0.400. The van der Waals surface area contributed by atoms with Crippen LogP contribution in [0.1, 0.15) is 13.8 Å². The third-order valence-corrected chi connectivity index (χ3v) is 1.60. The average molecular weight is 180 g/mol. The van der Waals surface area contributed by atoms with E-state index in [1.54, 1.807) is 26.4 Å². The highest BCUT2D eigenvalue weighted by Crippen LogP contribution is 2.00. The lowest BCUT2D eigenvalue weighted by Crippen LogP contribution is -2.20. The summed E-state index contributed by atoms with van der Waals surface area (Å²) < 4.78 is 0. The van der Waals surface area contributed by atoms with Crippen molar-refractivity contribution in [3.05, 3.63) is 23.3 Å². The second-order valence-electron chi connectivity index (χ2n) is 2.60. The number of likely N-dealkylation sites (N-methyl/N-ethyl adjacent to an activating group) is 1. The molecule has 0 aromatic rings. The molecule has 0 aromatic heterocycles. The van der Waals surface area contributed by atoms with E-state index in [4.69, 9.17) is 0 Å². The number of hydrogen-bond donors (Lipinski definition) is 1. The molecule has 0 bridgehead atoms. The van der Waals surface area contributed by atoms with Crippen LogP contribution in [0.2, 0.25) is 0 Å². The summed E-state index contributed by atoms with van der Waals surface area (Å²) in [4.78, 5) is 15.1. The molecule has 0 rings (SSSR count). The lowest BCUT2D eigenvalue weighted by atomic mass is 10.1. The average Bonchev–Trinajstić information content (AvgIpc) is 2.15. The Hall–Kier alpha value is -1.38. The standard InChI is InChI=1S/C10H16N2O/c1-5-8(2)6-9(7-11-3)10(13)12-4/h5-7H,1-4H3,(H,12,13)/b8-5-,9-6+,11-7?. The molecule has 0 spiro atoms. The van der Waals surface area contributed by atoms with Gasteiger partial charge in [0, 0.05) is 20.3 Å². The Kier molecular flexibility index (Phi) is 5.52. The van der Waals surface area contributed by atoms with E-state index < -0.39 is 0 Å². The summed E-state index contributed by atoms with van der Waals surface area (Å²) in [5.74, 6) is -0.119. The van der Waals surface area contributed by atoms with Gasteiger partial charge in [-0.15, -0.1) is 0 Å². The summed E-state index contributed by atoms with van der Waals surface area (Å²) in [7, 11) is 3.24. The summed E-state index contributed by atoms with van der Waals surface area (Å²) in [5.41, 5.74) is 1.61. The molecule has 1 N–H and O–H groups in total. The highest BCUT2D eigenvalue weighted by molar-refractivity contribution is 6.12. The Morgan fingerprint density at radius 1 is 1.46 bits per heavy atom. The molecule has 0 aliphatic rings. The third kappa shape index (κ3) is 4.25. The Morgan fingerprint density at radius 2 is 2.08 bits per heavy atom. The summed E-state index contributed by atoms with van der Waals surface area (Å²) >= 11 is 0. The highest BCUT2D eigenvalue weighted by Gasteiger charge is 2.02. The van der Waals surface area contributed by atoms with Gasteiger partial charge in [-0.1, -0.05) is 11.6 Å². The molecule has 0 atom stereocenters. The van der Waals surface area contributed by atoms with Crippen molar-refractivity contribution >= 4 is 12.1 Å². The Balaban J connectivity index is 4.80. The van der Waals surface area contributed by atoms with E-state index in [2.05, 4.69) is 10.3 Å². The van der Waals surface area contributed by atoms with Crippen LogP contribution in [0.25, 0.3) is 0 Å². The lowest BCUT2D eigenvalue weighted by molar-refractivity contribution is -0.116. The molecule has 3 heteroatoms. The van der Waals surface area contributed by atoms with Crippen LogP contribution in [-0.2, 0) is 4.79 Å². The number of carbonyl (C=O) groups excluding carboxylic acids is 1. The van der Waals surface area contributed by atoms with Crippen LogP contribution in [0.3, 0.4) is 0 Å². The van der Waals surface area contributed by atoms with Crippen LogP contribution in [0.5, 0.6) is 0 Å². The molecule has 0 fully saturated rings. The van der Waals surface area contributed by atoms with Gasteiger partial charge < -0.3 is 5.32 Å². The van der Waals surface area contributed by atoms with Gasteiger partial charge in [-0.05, 0) is 19.9 Å². The maximum Gasteiger partial charge on any atom is 0.252 e. The minimum absolute atomic E-state index is 0.119. The largest absolute Gasteiger partial charge is 0.355 e. The van der Waals surface area contributed by atoms with Gasteiger partial charge in [-0.2, -0.15) is 0 Å². The van der Waals surface area contributed by atoms with E-state index in [1.165, 1.54) is 0 Å². The number of carbonyl (C=O) groups is 1. The molecule has 0 aliphatic heterocycles. The molecule has 0 radical (unpaired) electrons. The number of nitrogens with one attached hydrogen (secondary N) is 1. The molecule has 13 heavy (non-hydrogen) atoms. The molecule has 0 aromatic carbocycles. The number of hydrogen-bond acceptors (Lipinski definition) is 2. The van der Waals surface area contributed by atoms with Crippen molar-refractivity contribution in [1.82, 2.24) is 5.32 Å². The van der Waals surface area contributed by atoms with Crippen molar-refractivity contribution in [2.45, 2.75) is 13.8 Å². The quantitative estimate of drug-likeness (QED) is 0.397. The molecule has 3 nitrogen and oxygen atoms in total. The number of nitrogens with zero attached hydrogens (tertiary/aromatic N) is 1. The van der Waals surface area contributed by atoms with Crippen molar-refractivity contribution in [2.24, 2.45) is 4.99 Å². The van der Waals surface area contributed by atoms with Crippen LogP contribution in [0.4, 0.5) is 0 Å². The second kappa shape index (κ2) is 6.17. The van der Waals surface area contributed by atoms with Crippen LogP contribution in [0, 0.1) is 0 Å². The Bertz CT molecular complexity index is 262. The first kappa shape index (κ1) is 11.6. The maximum atomic E-state index is 11.3. The van der Waals surface area contributed by atoms with E-state index >= 15 is 0 Å². The number of allylic oxidation sites excluding steroid dienone is 3. The minimum Gasteiger partial charge on any atom is -0.355 e. The van der Waals surface area contributed by atoms with Gasteiger partial charge in [-0.25, -0.2) is 0 Å². The number of amides is 1. The van der Waals surface area contributed by atoms with Crippen molar-refractivity contribution < 1.29 is 4.79 Å². The maximum absolute atomic E-state index is 11.3. The Morgan fingerprint density at radius 3 is 2.46 bits per heavy atom. The summed E-state index contributed by atoms with van der Waals surface area (Å²) in [5, 5.41) is 2.55. The third-order valence-electron chi connectivity index (χ3n) is 1.60. The van der Waals surface area contributed by atoms with Gasteiger partial charge in [0.15, 0.2) is 0 Å². The van der Waals surface area contributed by atoms with E-state index in [1.807, 2.05) is 19.9 Å². The minimum atomic E-state index is -0.119. The van der Waals surface area contributed by atoms with E-state index in [0.29, 0.717) is 5.57 Å². The van der Waals surface area contributed by atoms with E-state index in [-0.39, 0.29) is 5.91 Å². The lowest BCUT2D eigenvalue weighted by Gasteiger charge is -1.99. The molecule has 0 saturated carbocycles. The SMILES string of the molecule is C/C=C(C)\C=C(/C=NC)C(=O)NC. The van der Waals surface area contributed by atoms with Crippen LogP contribution < -0.4 is 5.32 Å². The fourth-order valence-electron chi connectivity index (χ4n) is 0.773. The number of aliphatic imine (C=N–C) groups is 1. The molecule has 1 amide bonds.